The maximum Gasteiger partial charge on any atom is 0.0490 e. The van der Waals surface area contributed by atoms with Gasteiger partial charge in [0.05, 0.1) is 0 Å². The van der Waals surface area contributed by atoms with E-state index in [1.807, 2.05) is 7.11 Å². The molecule has 1 rings (SSSR count). The van der Waals surface area contributed by atoms with E-state index in [0.29, 0.717) is 0 Å². The molecule has 1 aliphatic carbocycles. The summed E-state index contributed by atoms with van der Waals surface area (Å²) < 4.78 is 5.18. The fourth-order valence-electron chi connectivity index (χ4n) is 2.26. The normalized spacial score (nSPS) is 31.0. The first-order valence-corrected chi connectivity index (χ1v) is 5.23. The van der Waals surface area contributed by atoms with Gasteiger partial charge in [-0.1, -0.05) is 13.8 Å². The molecular formula is C11H22O. The number of methoxy groups -OCH3 is 1. The second kappa shape index (κ2) is 4.86. The van der Waals surface area contributed by atoms with Crippen molar-refractivity contribution < 1.29 is 4.74 Å². The van der Waals surface area contributed by atoms with E-state index in [9.17, 15) is 0 Å². The summed E-state index contributed by atoms with van der Waals surface area (Å²) >= 11 is 0. The minimum atomic E-state index is 0.852. The van der Waals surface area contributed by atoms with Crippen molar-refractivity contribution in [3.8, 4) is 0 Å². The molecule has 1 nitrogen and oxygen atoms in total. The number of ether oxygens (including phenoxy) is 1. The molecule has 0 heterocycles. The largest absolute Gasteiger partial charge is 0.384 e. The highest BCUT2D eigenvalue weighted by Gasteiger charge is 2.22. The van der Waals surface area contributed by atoms with Gasteiger partial charge in [-0.25, -0.2) is 0 Å². The molecule has 0 N–H and O–H groups in total. The zero-order valence-corrected chi connectivity index (χ0v) is 8.68. The van der Waals surface area contributed by atoms with Crippen LogP contribution in [0.25, 0.3) is 0 Å². The molecule has 1 aliphatic rings. The van der Waals surface area contributed by atoms with Gasteiger partial charge in [-0.15, -0.1) is 0 Å². The topological polar surface area (TPSA) is 9.23 Å². The van der Waals surface area contributed by atoms with E-state index in [4.69, 9.17) is 4.74 Å². The third-order valence-electron chi connectivity index (χ3n) is 3.24. The van der Waals surface area contributed by atoms with Gasteiger partial charge in [0.1, 0.15) is 0 Å². The minimum absolute atomic E-state index is 0.852. The summed E-state index contributed by atoms with van der Waals surface area (Å²) in [5.41, 5.74) is 0. The molecule has 72 valence electrons. The average Bonchev–Trinajstić information content (AvgIpc) is 2.06. The quantitative estimate of drug-likeness (QED) is 0.632. The Hall–Kier alpha value is -0.0400. The van der Waals surface area contributed by atoms with Crippen molar-refractivity contribution in [3.63, 3.8) is 0 Å². The van der Waals surface area contributed by atoms with Crippen molar-refractivity contribution in [2.45, 2.75) is 39.5 Å². The molecule has 0 unspecified atom stereocenters. The van der Waals surface area contributed by atoms with Crippen LogP contribution in [0.2, 0.25) is 0 Å². The van der Waals surface area contributed by atoms with E-state index in [-0.39, 0.29) is 0 Å². The van der Waals surface area contributed by atoms with Crippen molar-refractivity contribution in [2.24, 2.45) is 17.8 Å². The van der Waals surface area contributed by atoms with Gasteiger partial charge in [0, 0.05) is 13.7 Å². The molecule has 1 saturated carbocycles. The summed E-state index contributed by atoms with van der Waals surface area (Å²) in [7, 11) is 1.81. The van der Waals surface area contributed by atoms with Gasteiger partial charge in [-0.05, 0) is 43.4 Å². The first-order valence-electron chi connectivity index (χ1n) is 5.23. The van der Waals surface area contributed by atoms with E-state index in [1.54, 1.807) is 0 Å². The zero-order valence-electron chi connectivity index (χ0n) is 8.68. The highest BCUT2D eigenvalue weighted by atomic mass is 16.5. The number of hydrogen-bond donors (Lipinski definition) is 0. The third-order valence-corrected chi connectivity index (χ3v) is 3.24. The standard InChI is InChI=1S/C11H22O/c1-9(2)11-6-4-10(5-7-11)8-12-3/h9-11H,4-8H2,1-3H3/t10-,11+. The molecule has 0 radical (unpaired) electrons. The molecule has 1 heteroatoms. The maximum atomic E-state index is 5.18. The van der Waals surface area contributed by atoms with E-state index in [2.05, 4.69) is 13.8 Å². The highest BCUT2D eigenvalue weighted by molar-refractivity contribution is 4.73. The predicted molar refractivity (Wildman–Crippen MR) is 52.2 cm³/mol. The molecule has 0 spiro atoms. The summed E-state index contributed by atoms with van der Waals surface area (Å²) in [6.45, 7) is 5.67. The van der Waals surface area contributed by atoms with Crippen molar-refractivity contribution in [2.75, 3.05) is 13.7 Å². The van der Waals surface area contributed by atoms with Crippen LogP contribution in [-0.2, 0) is 4.74 Å². The average molecular weight is 170 g/mol. The van der Waals surface area contributed by atoms with E-state index in [1.165, 1.54) is 25.7 Å². The number of rotatable bonds is 3. The fourth-order valence-corrected chi connectivity index (χ4v) is 2.26. The summed E-state index contributed by atoms with van der Waals surface area (Å²) in [5, 5.41) is 0. The van der Waals surface area contributed by atoms with Crippen molar-refractivity contribution in [3.05, 3.63) is 0 Å². The molecule has 0 aromatic carbocycles. The molecule has 0 aromatic rings. The van der Waals surface area contributed by atoms with Gasteiger partial charge < -0.3 is 4.74 Å². The first-order chi connectivity index (χ1) is 5.74. The second-order valence-electron chi connectivity index (χ2n) is 4.48. The van der Waals surface area contributed by atoms with Gasteiger partial charge in [-0.3, -0.25) is 0 Å². The Kier molecular flexibility index (Phi) is 4.07. The number of hydrogen-bond acceptors (Lipinski definition) is 1. The second-order valence-corrected chi connectivity index (χ2v) is 4.48. The Morgan fingerprint density at radius 2 is 1.75 bits per heavy atom. The van der Waals surface area contributed by atoms with Gasteiger partial charge in [0.15, 0.2) is 0 Å². The van der Waals surface area contributed by atoms with Crippen molar-refractivity contribution in [1.29, 1.82) is 0 Å². The summed E-state index contributed by atoms with van der Waals surface area (Å²) in [6, 6.07) is 0. The van der Waals surface area contributed by atoms with Crippen LogP contribution in [0.5, 0.6) is 0 Å². The molecule has 12 heavy (non-hydrogen) atoms. The first kappa shape index (κ1) is 10.0. The summed E-state index contributed by atoms with van der Waals surface area (Å²) in [4.78, 5) is 0. The van der Waals surface area contributed by atoms with E-state index < -0.39 is 0 Å². The van der Waals surface area contributed by atoms with Crippen LogP contribution in [0.15, 0.2) is 0 Å². The Balaban J connectivity index is 2.20. The highest BCUT2D eigenvalue weighted by Crippen LogP contribution is 2.33. The summed E-state index contributed by atoms with van der Waals surface area (Å²) in [6.07, 6.45) is 5.62. The molecule has 0 amide bonds. The van der Waals surface area contributed by atoms with Crippen LogP contribution >= 0.6 is 0 Å². The van der Waals surface area contributed by atoms with E-state index >= 15 is 0 Å². The molecule has 0 aromatic heterocycles. The minimum Gasteiger partial charge on any atom is -0.384 e. The van der Waals surface area contributed by atoms with Crippen LogP contribution in [0.3, 0.4) is 0 Å². The Morgan fingerprint density at radius 3 is 2.17 bits per heavy atom. The lowest BCUT2D eigenvalue weighted by atomic mass is 9.77. The van der Waals surface area contributed by atoms with Crippen molar-refractivity contribution in [1.82, 2.24) is 0 Å². The Bertz CT molecular complexity index is 112. The monoisotopic (exact) mass is 170 g/mol. The molecule has 0 bridgehead atoms. The predicted octanol–water partition coefficient (Wildman–Crippen LogP) is 3.10. The van der Waals surface area contributed by atoms with Crippen LogP contribution in [-0.4, -0.2) is 13.7 Å². The van der Waals surface area contributed by atoms with Crippen molar-refractivity contribution >= 4 is 0 Å². The van der Waals surface area contributed by atoms with Gasteiger partial charge in [0.2, 0.25) is 0 Å². The molecule has 1 fully saturated rings. The molecule has 0 saturated heterocycles. The molecule has 0 aliphatic heterocycles. The Labute approximate surface area is 76.5 Å². The van der Waals surface area contributed by atoms with Gasteiger partial charge >= 0.3 is 0 Å². The Morgan fingerprint density at radius 1 is 1.17 bits per heavy atom. The smallest absolute Gasteiger partial charge is 0.0490 e. The van der Waals surface area contributed by atoms with Gasteiger partial charge in [0.25, 0.3) is 0 Å². The maximum absolute atomic E-state index is 5.18. The SMILES string of the molecule is COC[C@H]1CC[C@@H](C(C)C)CC1. The van der Waals surface area contributed by atoms with E-state index in [0.717, 1.165) is 24.4 Å². The molecule has 0 atom stereocenters. The summed E-state index contributed by atoms with van der Waals surface area (Å²) in [5.74, 6) is 2.72. The lowest BCUT2D eigenvalue weighted by Gasteiger charge is -2.30. The zero-order chi connectivity index (χ0) is 8.97. The lowest BCUT2D eigenvalue weighted by molar-refractivity contribution is 0.110. The van der Waals surface area contributed by atoms with Crippen LogP contribution in [0, 0.1) is 17.8 Å². The van der Waals surface area contributed by atoms with Crippen LogP contribution in [0.1, 0.15) is 39.5 Å². The molecular weight excluding hydrogens is 148 g/mol. The lowest BCUT2D eigenvalue weighted by Crippen LogP contribution is -2.21. The van der Waals surface area contributed by atoms with Gasteiger partial charge in [-0.2, -0.15) is 0 Å². The van der Waals surface area contributed by atoms with Crippen LogP contribution < -0.4 is 0 Å². The van der Waals surface area contributed by atoms with Crippen LogP contribution in [0.4, 0.5) is 0 Å². The fraction of sp³-hybridized carbons (Fsp3) is 1.00. The third kappa shape index (κ3) is 2.78.